The maximum atomic E-state index is 12.4. The molecule has 27 heavy (non-hydrogen) atoms. The molecule has 0 saturated heterocycles. The Kier molecular flexibility index (Phi) is 6.47. The van der Waals surface area contributed by atoms with Gasteiger partial charge >= 0.3 is 0 Å². The van der Waals surface area contributed by atoms with Gasteiger partial charge in [0, 0.05) is 22.9 Å². The van der Waals surface area contributed by atoms with Gasteiger partial charge in [-0.15, -0.1) is 0 Å². The highest BCUT2D eigenvalue weighted by atomic mass is 16.5. The molecule has 142 valence electrons. The number of nitrogens with one attached hydrogen (secondary N) is 2. The van der Waals surface area contributed by atoms with Crippen molar-refractivity contribution < 1.29 is 14.3 Å². The largest absolute Gasteiger partial charge is 0.494 e. The Bertz CT molecular complexity index is 763. The van der Waals surface area contributed by atoms with Crippen LogP contribution in [-0.4, -0.2) is 24.5 Å². The predicted molar refractivity (Wildman–Crippen MR) is 106 cm³/mol. The Morgan fingerprint density at radius 3 is 2.07 bits per heavy atom. The van der Waals surface area contributed by atoms with E-state index in [0.717, 1.165) is 18.6 Å². The number of rotatable bonds is 6. The van der Waals surface area contributed by atoms with Gasteiger partial charge < -0.3 is 15.4 Å². The van der Waals surface area contributed by atoms with Crippen LogP contribution in [0.2, 0.25) is 0 Å². The summed E-state index contributed by atoms with van der Waals surface area (Å²) < 4.78 is 5.39. The molecule has 2 aromatic carbocycles. The lowest BCUT2D eigenvalue weighted by atomic mass is 9.95. The fraction of sp³-hybridized carbons (Fsp3) is 0.364. The van der Waals surface area contributed by atoms with Crippen molar-refractivity contribution in [3.63, 3.8) is 0 Å². The molecule has 5 heteroatoms. The third-order valence-corrected chi connectivity index (χ3v) is 4.77. The molecule has 0 spiro atoms. The Labute approximate surface area is 160 Å². The number of ether oxygens (including phenoxy) is 1. The number of amides is 2. The second kappa shape index (κ2) is 9.21. The molecule has 0 radical (unpaired) electrons. The summed E-state index contributed by atoms with van der Waals surface area (Å²) in [5.41, 5.74) is 1.79. The van der Waals surface area contributed by atoms with Gasteiger partial charge in [-0.25, -0.2) is 0 Å². The molecule has 0 unspecified atom stereocenters. The highest BCUT2D eigenvalue weighted by molar-refractivity contribution is 6.05. The van der Waals surface area contributed by atoms with Crippen LogP contribution in [0.3, 0.4) is 0 Å². The SMILES string of the molecule is CCOc1ccc(NC(=O)c2ccc(C(=O)NC3CCCCC3)cc2)cc1. The molecule has 0 aliphatic heterocycles. The zero-order valence-corrected chi connectivity index (χ0v) is 15.7. The van der Waals surface area contributed by atoms with Crippen molar-refractivity contribution in [1.82, 2.24) is 5.32 Å². The van der Waals surface area contributed by atoms with Crippen molar-refractivity contribution in [3.8, 4) is 5.75 Å². The molecule has 2 aromatic rings. The topological polar surface area (TPSA) is 67.4 Å². The molecule has 0 atom stereocenters. The quantitative estimate of drug-likeness (QED) is 0.796. The van der Waals surface area contributed by atoms with Crippen molar-refractivity contribution >= 4 is 17.5 Å². The van der Waals surface area contributed by atoms with E-state index in [1.807, 2.05) is 19.1 Å². The first-order valence-corrected chi connectivity index (χ1v) is 9.61. The minimum atomic E-state index is -0.210. The van der Waals surface area contributed by atoms with Crippen molar-refractivity contribution in [2.75, 3.05) is 11.9 Å². The highest BCUT2D eigenvalue weighted by Gasteiger charge is 2.17. The normalized spacial score (nSPS) is 14.4. The molecule has 1 aliphatic carbocycles. The van der Waals surface area contributed by atoms with Crippen LogP contribution in [0.1, 0.15) is 59.7 Å². The van der Waals surface area contributed by atoms with E-state index >= 15 is 0 Å². The van der Waals surface area contributed by atoms with Crippen LogP contribution < -0.4 is 15.4 Å². The van der Waals surface area contributed by atoms with E-state index in [4.69, 9.17) is 4.74 Å². The van der Waals surface area contributed by atoms with E-state index in [1.165, 1.54) is 19.3 Å². The lowest BCUT2D eigenvalue weighted by molar-refractivity contribution is 0.0926. The molecule has 5 nitrogen and oxygen atoms in total. The lowest BCUT2D eigenvalue weighted by Crippen LogP contribution is -2.36. The summed E-state index contributed by atoms with van der Waals surface area (Å²) >= 11 is 0. The van der Waals surface area contributed by atoms with Gasteiger partial charge in [0.05, 0.1) is 6.61 Å². The van der Waals surface area contributed by atoms with Crippen molar-refractivity contribution in [2.45, 2.75) is 45.1 Å². The number of benzene rings is 2. The van der Waals surface area contributed by atoms with E-state index in [2.05, 4.69) is 10.6 Å². The third-order valence-electron chi connectivity index (χ3n) is 4.77. The Hall–Kier alpha value is -2.82. The van der Waals surface area contributed by atoms with Gasteiger partial charge in [0.1, 0.15) is 5.75 Å². The average molecular weight is 366 g/mol. The van der Waals surface area contributed by atoms with Crippen LogP contribution in [0.25, 0.3) is 0 Å². The standard InChI is InChI=1S/C22H26N2O3/c1-2-27-20-14-12-19(13-15-20)24-22(26)17-10-8-16(9-11-17)21(25)23-18-6-4-3-5-7-18/h8-15,18H,2-7H2,1H3,(H,23,25)(H,24,26). The van der Waals surface area contributed by atoms with E-state index in [0.29, 0.717) is 23.4 Å². The van der Waals surface area contributed by atoms with E-state index in [1.54, 1.807) is 36.4 Å². The minimum absolute atomic E-state index is 0.0691. The first kappa shape index (κ1) is 19.0. The second-order valence-corrected chi connectivity index (χ2v) is 6.80. The van der Waals surface area contributed by atoms with Crippen molar-refractivity contribution in [2.24, 2.45) is 0 Å². The zero-order valence-electron chi connectivity index (χ0n) is 15.7. The van der Waals surface area contributed by atoms with E-state index in [9.17, 15) is 9.59 Å². The summed E-state index contributed by atoms with van der Waals surface area (Å²) in [4.78, 5) is 24.7. The molecule has 1 aliphatic rings. The molecule has 2 amide bonds. The van der Waals surface area contributed by atoms with Gasteiger partial charge in [0.25, 0.3) is 11.8 Å². The van der Waals surface area contributed by atoms with Crippen LogP contribution in [0.15, 0.2) is 48.5 Å². The Morgan fingerprint density at radius 2 is 1.48 bits per heavy atom. The highest BCUT2D eigenvalue weighted by Crippen LogP contribution is 2.19. The molecule has 3 rings (SSSR count). The summed E-state index contributed by atoms with van der Waals surface area (Å²) in [6.45, 7) is 2.53. The van der Waals surface area contributed by atoms with E-state index in [-0.39, 0.29) is 17.9 Å². The molecular weight excluding hydrogens is 340 g/mol. The van der Waals surface area contributed by atoms with Gasteiger partial charge in [-0.05, 0) is 68.3 Å². The smallest absolute Gasteiger partial charge is 0.255 e. The van der Waals surface area contributed by atoms with Gasteiger partial charge in [-0.3, -0.25) is 9.59 Å². The molecule has 0 bridgehead atoms. The Morgan fingerprint density at radius 1 is 0.889 bits per heavy atom. The summed E-state index contributed by atoms with van der Waals surface area (Å²) in [5, 5.41) is 5.93. The monoisotopic (exact) mass is 366 g/mol. The summed E-state index contributed by atoms with van der Waals surface area (Å²) in [7, 11) is 0. The number of hydrogen-bond acceptors (Lipinski definition) is 3. The molecule has 2 N–H and O–H groups in total. The molecule has 1 fully saturated rings. The van der Waals surface area contributed by atoms with Crippen LogP contribution in [-0.2, 0) is 0 Å². The van der Waals surface area contributed by atoms with Gasteiger partial charge in [0.15, 0.2) is 0 Å². The fourth-order valence-corrected chi connectivity index (χ4v) is 3.29. The molecular formula is C22H26N2O3. The molecule has 0 heterocycles. The maximum Gasteiger partial charge on any atom is 0.255 e. The third kappa shape index (κ3) is 5.33. The number of anilines is 1. The summed E-state index contributed by atoms with van der Waals surface area (Å²) in [6, 6.07) is 14.3. The summed E-state index contributed by atoms with van der Waals surface area (Å²) in [5.74, 6) is 0.489. The molecule has 0 aromatic heterocycles. The molecule has 1 saturated carbocycles. The van der Waals surface area contributed by atoms with Crippen LogP contribution >= 0.6 is 0 Å². The zero-order chi connectivity index (χ0) is 19.1. The van der Waals surface area contributed by atoms with Gasteiger partial charge in [0.2, 0.25) is 0 Å². The second-order valence-electron chi connectivity index (χ2n) is 6.80. The van der Waals surface area contributed by atoms with Crippen LogP contribution in [0, 0.1) is 0 Å². The van der Waals surface area contributed by atoms with Crippen molar-refractivity contribution in [1.29, 1.82) is 0 Å². The first-order valence-electron chi connectivity index (χ1n) is 9.61. The van der Waals surface area contributed by atoms with Gasteiger partial charge in [-0.1, -0.05) is 19.3 Å². The van der Waals surface area contributed by atoms with Crippen LogP contribution in [0.4, 0.5) is 5.69 Å². The van der Waals surface area contributed by atoms with Crippen LogP contribution in [0.5, 0.6) is 5.75 Å². The lowest BCUT2D eigenvalue weighted by Gasteiger charge is -2.22. The number of carbonyl (C=O) groups is 2. The first-order chi connectivity index (χ1) is 13.2. The fourth-order valence-electron chi connectivity index (χ4n) is 3.29. The predicted octanol–water partition coefficient (Wildman–Crippen LogP) is 4.40. The Balaban J connectivity index is 1.57. The number of hydrogen-bond donors (Lipinski definition) is 2. The summed E-state index contributed by atoms with van der Waals surface area (Å²) in [6.07, 6.45) is 5.71. The van der Waals surface area contributed by atoms with Gasteiger partial charge in [-0.2, -0.15) is 0 Å². The van der Waals surface area contributed by atoms with Crippen molar-refractivity contribution in [3.05, 3.63) is 59.7 Å². The van der Waals surface area contributed by atoms with E-state index < -0.39 is 0 Å². The average Bonchev–Trinajstić information content (AvgIpc) is 2.70. The maximum absolute atomic E-state index is 12.4. The number of carbonyl (C=O) groups excluding carboxylic acids is 2. The minimum Gasteiger partial charge on any atom is -0.494 e.